The van der Waals surface area contributed by atoms with E-state index in [1.54, 1.807) is 0 Å². The average molecular weight is 550 g/mol. The zero-order valence-corrected chi connectivity index (χ0v) is 22.5. The second-order valence-corrected chi connectivity index (χ2v) is 10.2. The number of aliphatic imine (C=N–C) groups is 1. The van der Waals surface area contributed by atoms with Crippen LogP contribution in [0.1, 0.15) is 37.7 Å². The molecule has 12 nitrogen and oxygen atoms in total. The Labute approximate surface area is 227 Å². The lowest BCUT2D eigenvalue weighted by Crippen LogP contribution is -2.57. The SMILES string of the molecule is CSCCC(NC(=O)C(N)Cc1ccccc1)C(=O)NC(CCCN=C(N)N)C(=O)N1CCCC1C(=O)O. The van der Waals surface area contributed by atoms with Crippen molar-refractivity contribution in [2.45, 2.75) is 62.7 Å². The zero-order valence-electron chi connectivity index (χ0n) is 21.7. The second kappa shape index (κ2) is 15.8. The summed E-state index contributed by atoms with van der Waals surface area (Å²) in [5, 5.41) is 15.0. The van der Waals surface area contributed by atoms with Gasteiger partial charge in [-0.3, -0.25) is 19.4 Å². The van der Waals surface area contributed by atoms with Crippen LogP contribution in [0.2, 0.25) is 0 Å². The monoisotopic (exact) mass is 549 g/mol. The zero-order chi connectivity index (χ0) is 28.1. The van der Waals surface area contributed by atoms with Crippen LogP contribution in [-0.4, -0.2) is 88.9 Å². The number of likely N-dealkylation sites (tertiary alicyclic amines) is 1. The van der Waals surface area contributed by atoms with E-state index in [0.717, 1.165) is 5.56 Å². The number of benzene rings is 1. The molecule has 3 amide bonds. The van der Waals surface area contributed by atoms with E-state index in [-0.39, 0.29) is 25.5 Å². The van der Waals surface area contributed by atoms with Gasteiger partial charge in [-0.2, -0.15) is 11.8 Å². The van der Waals surface area contributed by atoms with Crippen LogP contribution in [0.5, 0.6) is 0 Å². The first-order valence-corrected chi connectivity index (χ1v) is 14.0. The van der Waals surface area contributed by atoms with E-state index in [1.165, 1.54) is 16.7 Å². The molecule has 4 unspecified atom stereocenters. The van der Waals surface area contributed by atoms with E-state index in [4.69, 9.17) is 17.2 Å². The van der Waals surface area contributed by atoms with Crippen LogP contribution in [0.25, 0.3) is 0 Å². The fourth-order valence-electron chi connectivity index (χ4n) is 4.26. The molecule has 210 valence electrons. The number of carbonyl (C=O) groups is 4. The van der Waals surface area contributed by atoms with Gasteiger partial charge in [0.15, 0.2) is 5.96 Å². The molecule has 1 aromatic carbocycles. The van der Waals surface area contributed by atoms with E-state index < -0.39 is 47.9 Å². The summed E-state index contributed by atoms with van der Waals surface area (Å²) in [5.41, 5.74) is 17.7. The molecule has 4 atom stereocenters. The Bertz CT molecular complexity index is 974. The van der Waals surface area contributed by atoms with Crippen molar-refractivity contribution in [3.8, 4) is 0 Å². The van der Waals surface area contributed by atoms with Gasteiger partial charge in [-0.1, -0.05) is 30.3 Å². The predicted molar refractivity (Wildman–Crippen MR) is 147 cm³/mol. The molecule has 0 aliphatic carbocycles. The van der Waals surface area contributed by atoms with E-state index in [9.17, 15) is 24.3 Å². The van der Waals surface area contributed by atoms with Crippen molar-refractivity contribution >= 4 is 41.4 Å². The summed E-state index contributed by atoms with van der Waals surface area (Å²) in [6.45, 7) is 0.530. The van der Waals surface area contributed by atoms with Crippen molar-refractivity contribution in [1.82, 2.24) is 15.5 Å². The largest absolute Gasteiger partial charge is 0.480 e. The third-order valence-electron chi connectivity index (χ3n) is 6.26. The van der Waals surface area contributed by atoms with Gasteiger partial charge >= 0.3 is 5.97 Å². The molecular weight excluding hydrogens is 510 g/mol. The Morgan fingerprint density at radius 1 is 1.11 bits per heavy atom. The molecule has 1 aliphatic heterocycles. The maximum absolute atomic E-state index is 13.3. The highest BCUT2D eigenvalue weighted by Gasteiger charge is 2.38. The first-order valence-electron chi connectivity index (χ1n) is 12.6. The Balaban J connectivity index is 2.13. The van der Waals surface area contributed by atoms with Crippen LogP contribution in [0.15, 0.2) is 35.3 Å². The molecule has 0 saturated carbocycles. The Morgan fingerprint density at radius 2 is 1.79 bits per heavy atom. The van der Waals surface area contributed by atoms with Gasteiger partial charge in [0.2, 0.25) is 17.7 Å². The van der Waals surface area contributed by atoms with E-state index >= 15 is 0 Å². The third-order valence-corrected chi connectivity index (χ3v) is 6.90. The number of hydrogen-bond donors (Lipinski definition) is 6. The number of nitrogens with two attached hydrogens (primary N) is 3. The molecule has 9 N–H and O–H groups in total. The van der Waals surface area contributed by atoms with Gasteiger partial charge in [-0.15, -0.1) is 0 Å². The standard InChI is InChI=1S/C25H39N7O5S/c1-38-14-11-18(30-21(33)17(26)15-16-7-3-2-4-8-16)22(34)31-19(9-5-12-29-25(27)28)23(35)32-13-6-10-20(32)24(36)37/h2-4,7-8,17-20H,5-6,9-15,26H2,1H3,(H,30,33)(H,31,34)(H,36,37)(H4,27,28,29). The molecule has 0 bridgehead atoms. The van der Waals surface area contributed by atoms with Crippen molar-refractivity contribution in [1.29, 1.82) is 0 Å². The summed E-state index contributed by atoms with van der Waals surface area (Å²) in [7, 11) is 0. The number of rotatable bonds is 15. The van der Waals surface area contributed by atoms with E-state index in [2.05, 4.69) is 15.6 Å². The summed E-state index contributed by atoms with van der Waals surface area (Å²) in [5.74, 6) is -2.08. The molecule has 2 rings (SSSR count). The fraction of sp³-hybridized carbons (Fsp3) is 0.560. The van der Waals surface area contributed by atoms with Gasteiger partial charge in [0.25, 0.3) is 0 Å². The number of thioether (sulfide) groups is 1. The number of carboxylic acids is 1. The molecule has 38 heavy (non-hydrogen) atoms. The minimum atomic E-state index is -1.08. The van der Waals surface area contributed by atoms with Crippen LogP contribution in [0.3, 0.4) is 0 Å². The van der Waals surface area contributed by atoms with Gasteiger partial charge in [-0.05, 0) is 56.1 Å². The first kappa shape index (κ1) is 30.9. The minimum Gasteiger partial charge on any atom is -0.480 e. The van der Waals surface area contributed by atoms with Crippen LogP contribution in [0.4, 0.5) is 0 Å². The lowest BCUT2D eigenvalue weighted by atomic mass is 10.0. The van der Waals surface area contributed by atoms with Gasteiger partial charge in [0, 0.05) is 13.1 Å². The minimum absolute atomic E-state index is 0.0888. The van der Waals surface area contributed by atoms with Crippen LogP contribution in [0, 0.1) is 0 Å². The highest BCUT2D eigenvalue weighted by Crippen LogP contribution is 2.20. The maximum atomic E-state index is 13.3. The Kier molecular flexibility index (Phi) is 12.9. The number of hydrogen-bond acceptors (Lipinski definition) is 7. The number of nitrogens with one attached hydrogen (secondary N) is 2. The summed E-state index contributed by atoms with van der Waals surface area (Å²) in [4.78, 5) is 56.4. The molecule has 0 aromatic heterocycles. The summed E-state index contributed by atoms with van der Waals surface area (Å²) >= 11 is 1.51. The molecular formula is C25H39N7O5S. The molecule has 0 spiro atoms. The molecule has 1 saturated heterocycles. The highest BCUT2D eigenvalue weighted by atomic mass is 32.2. The van der Waals surface area contributed by atoms with Gasteiger partial charge < -0.3 is 37.8 Å². The van der Waals surface area contributed by atoms with E-state index in [1.807, 2.05) is 36.6 Å². The smallest absolute Gasteiger partial charge is 0.326 e. The lowest BCUT2D eigenvalue weighted by molar-refractivity contribution is -0.149. The van der Waals surface area contributed by atoms with Crippen molar-refractivity contribution in [2.75, 3.05) is 25.1 Å². The van der Waals surface area contributed by atoms with E-state index in [0.29, 0.717) is 37.9 Å². The molecule has 1 aliphatic rings. The lowest BCUT2D eigenvalue weighted by Gasteiger charge is -2.29. The van der Waals surface area contributed by atoms with Gasteiger partial charge in [0.1, 0.15) is 18.1 Å². The topological polar surface area (TPSA) is 206 Å². The van der Waals surface area contributed by atoms with Crippen LogP contribution < -0.4 is 27.8 Å². The summed E-state index contributed by atoms with van der Waals surface area (Å²) < 4.78 is 0. The number of carbonyl (C=O) groups excluding carboxylic acids is 3. The van der Waals surface area contributed by atoms with Crippen molar-refractivity contribution in [3.63, 3.8) is 0 Å². The number of guanidine groups is 1. The van der Waals surface area contributed by atoms with Crippen molar-refractivity contribution < 1.29 is 24.3 Å². The summed E-state index contributed by atoms with van der Waals surface area (Å²) in [6.07, 6.45) is 4.00. The first-order chi connectivity index (χ1) is 18.1. The molecule has 1 fully saturated rings. The average Bonchev–Trinajstić information content (AvgIpc) is 3.38. The normalized spacial score (nSPS) is 17.2. The Hall–Kier alpha value is -3.32. The van der Waals surface area contributed by atoms with Crippen molar-refractivity contribution in [3.05, 3.63) is 35.9 Å². The molecule has 13 heteroatoms. The predicted octanol–water partition coefficient (Wildman–Crippen LogP) is -0.592. The number of aliphatic carboxylic acids is 1. The molecule has 1 aromatic rings. The second-order valence-electron chi connectivity index (χ2n) is 9.18. The third kappa shape index (κ3) is 9.86. The fourth-order valence-corrected chi connectivity index (χ4v) is 4.74. The maximum Gasteiger partial charge on any atom is 0.326 e. The Morgan fingerprint density at radius 3 is 2.42 bits per heavy atom. The van der Waals surface area contributed by atoms with Crippen molar-refractivity contribution in [2.24, 2.45) is 22.2 Å². The number of carboxylic acid groups (broad SMARTS) is 1. The highest BCUT2D eigenvalue weighted by molar-refractivity contribution is 7.98. The summed E-state index contributed by atoms with van der Waals surface area (Å²) in [6, 6.07) is 5.60. The number of amides is 3. The van der Waals surface area contributed by atoms with Gasteiger partial charge in [0.05, 0.1) is 6.04 Å². The van der Waals surface area contributed by atoms with Gasteiger partial charge in [-0.25, -0.2) is 4.79 Å². The molecule has 0 radical (unpaired) electrons. The van der Waals surface area contributed by atoms with Crippen LogP contribution >= 0.6 is 11.8 Å². The van der Waals surface area contributed by atoms with Crippen LogP contribution in [-0.2, 0) is 25.6 Å². The quantitative estimate of drug-likeness (QED) is 0.0937. The molecule has 1 heterocycles. The number of nitrogens with zero attached hydrogens (tertiary/aromatic N) is 2.